The van der Waals surface area contributed by atoms with Crippen LogP contribution in [0.3, 0.4) is 0 Å². The molecule has 160 valence electrons. The maximum Gasteiger partial charge on any atom is 0.416 e. The molecule has 0 radical (unpaired) electrons. The van der Waals surface area contributed by atoms with Gasteiger partial charge in [0.25, 0.3) is 0 Å². The Morgan fingerprint density at radius 3 is 1.34 bits per heavy atom. The number of hydrogen-bond donors (Lipinski definition) is 0. The molecule has 0 nitrogen and oxygen atoms in total. The van der Waals surface area contributed by atoms with Crippen LogP contribution in [0.1, 0.15) is 11.1 Å². The maximum absolute atomic E-state index is 12.9. The molecule has 0 unspecified atom stereocenters. The molecule has 0 saturated heterocycles. The zero-order valence-electron chi connectivity index (χ0n) is 17.4. The summed E-state index contributed by atoms with van der Waals surface area (Å²) in [6, 6.07) is 36.8. The van der Waals surface area contributed by atoms with Gasteiger partial charge in [-0.2, -0.15) is 13.2 Å². The molecule has 0 spiro atoms. The van der Waals surface area contributed by atoms with Crippen LogP contribution in [0, 0.1) is 0 Å². The minimum absolute atomic E-state index is 0.630. The predicted molar refractivity (Wildman–Crippen MR) is 130 cm³/mol. The van der Waals surface area contributed by atoms with Gasteiger partial charge in [0.05, 0.1) is 11.7 Å². The lowest BCUT2D eigenvalue weighted by Crippen LogP contribution is -2.32. The highest BCUT2D eigenvalue weighted by atomic mass is 31.2. The van der Waals surface area contributed by atoms with E-state index in [0.717, 1.165) is 23.9 Å². The van der Waals surface area contributed by atoms with Crippen LogP contribution in [-0.2, 0) is 6.18 Å². The molecule has 0 atom stereocenters. The first kappa shape index (κ1) is 22.0. The molecule has 0 heterocycles. The first-order valence-electron chi connectivity index (χ1n) is 10.4. The number of rotatable bonds is 6. The van der Waals surface area contributed by atoms with Crippen LogP contribution >= 0.6 is 7.26 Å². The van der Waals surface area contributed by atoms with E-state index in [1.165, 1.54) is 28.0 Å². The number of allylic oxidation sites excluding steroid dienone is 1. The molecular weight excluding hydrogens is 424 g/mol. The molecule has 0 aliphatic heterocycles. The van der Waals surface area contributed by atoms with Gasteiger partial charge < -0.3 is 0 Å². The molecule has 0 bridgehead atoms. The Kier molecular flexibility index (Phi) is 6.58. The van der Waals surface area contributed by atoms with Crippen LogP contribution in [0.2, 0.25) is 0 Å². The van der Waals surface area contributed by atoms with Crippen molar-refractivity contribution in [3.05, 3.63) is 132 Å². The second kappa shape index (κ2) is 9.54. The lowest BCUT2D eigenvalue weighted by Gasteiger charge is -2.26. The summed E-state index contributed by atoms with van der Waals surface area (Å²) in [6.07, 6.45) is 0.468. The van der Waals surface area contributed by atoms with Gasteiger partial charge in [-0.05, 0) is 60.2 Å². The monoisotopic (exact) mass is 447 g/mol. The molecule has 4 aromatic carbocycles. The van der Waals surface area contributed by atoms with Crippen molar-refractivity contribution in [2.45, 2.75) is 6.18 Å². The van der Waals surface area contributed by atoms with Gasteiger partial charge in [0.15, 0.2) is 0 Å². The Morgan fingerprint density at radius 1 is 0.562 bits per heavy atom. The van der Waals surface area contributed by atoms with Crippen LogP contribution < -0.4 is 15.9 Å². The fourth-order valence-corrected chi connectivity index (χ4v) is 7.93. The molecule has 0 aliphatic carbocycles. The maximum atomic E-state index is 12.9. The summed E-state index contributed by atoms with van der Waals surface area (Å²) >= 11 is 0. The average Bonchev–Trinajstić information content (AvgIpc) is 2.83. The van der Waals surface area contributed by atoms with Crippen molar-refractivity contribution in [2.75, 3.05) is 6.16 Å². The third-order valence-corrected chi connectivity index (χ3v) is 9.82. The molecule has 0 N–H and O–H groups in total. The van der Waals surface area contributed by atoms with E-state index in [2.05, 4.69) is 78.9 Å². The molecule has 0 aliphatic rings. The van der Waals surface area contributed by atoms with E-state index in [0.29, 0.717) is 0 Å². The third kappa shape index (κ3) is 4.69. The van der Waals surface area contributed by atoms with Gasteiger partial charge in [-0.1, -0.05) is 72.8 Å². The van der Waals surface area contributed by atoms with Crippen molar-refractivity contribution >= 4 is 29.3 Å². The second-order valence-electron chi connectivity index (χ2n) is 7.52. The Morgan fingerprint density at radius 2 is 0.969 bits per heavy atom. The Labute approximate surface area is 187 Å². The Bertz CT molecular complexity index is 1050. The van der Waals surface area contributed by atoms with Gasteiger partial charge in [-0.15, -0.1) is 0 Å². The highest BCUT2D eigenvalue weighted by Gasteiger charge is 2.44. The van der Waals surface area contributed by atoms with Gasteiger partial charge in [0, 0.05) is 0 Å². The van der Waals surface area contributed by atoms with Crippen LogP contribution in [0.25, 0.3) is 6.08 Å². The summed E-state index contributed by atoms with van der Waals surface area (Å²) in [7, 11) is -1.99. The zero-order valence-corrected chi connectivity index (χ0v) is 18.3. The Balaban J connectivity index is 1.77. The molecule has 0 fully saturated rings. The molecule has 32 heavy (non-hydrogen) atoms. The van der Waals surface area contributed by atoms with Crippen molar-refractivity contribution in [1.29, 1.82) is 0 Å². The third-order valence-electron chi connectivity index (χ3n) is 5.52. The van der Waals surface area contributed by atoms with Crippen molar-refractivity contribution in [1.82, 2.24) is 0 Å². The summed E-state index contributed by atoms with van der Waals surface area (Å²) in [5, 5.41) is 3.82. The number of alkyl halides is 3. The van der Waals surface area contributed by atoms with Gasteiger partial charge in [0.1, 0.15) is 23.2 Å². The van der Waals surface area contributed by atoms with Crippen molar-refractivity contribution < 1.29 is 13.2 Å². The minimum Gasteiger partial charge on any atom is -0.166 e. The number of halogens is 3. The molecular formula is C28H23F3P+. The molecule has 0 aromatic heterocycles. The van der Waals surface area contributed by atoms with E-state index in [1.54, 1.807) is 0 Å². The van der Waals surface area contributed by atoms with Gasteiger partial charge in [-0.25, -0.2) is 0 Å². The number of hydrogen-bond acceptors (Lipinski definition) is 0. The first-order valence-corrected chi connectivity index (χ1v) is 12.4. The average molecular weight is 447 g/mol. The van der Waals surface area contributed by atoms with Crippen molar-refractivity contribution in [2.24, 2.45) is 0 Å². The van der Waals surface area contributed by atoms with E-state index >= 15 is 0 Å². The smallest absolute Gasteiger partial charge is 0.166 e. The summed E-state index contributed by atoms with van der Waals surface area (Å²) in [6.45, 7) is 0. The van der Waals surface area contributed by atoms with Crippen molar-refractivity contribution in [3.63, 3.8) is 0 Å². The fraction of sp³-hybridized carbons (Fsp3) is 0.0714. The summed E-state index contributed by atoms with van der Waals surface area (Å²) in [5.74, 6) is 0. The second-order valence-corrected chi connectivity index (χ2v) is 11.1. The lowest BCUT2D eigenvalue weighted by atomic mass is 10.1. The summed E-state index contributed by atoms with van der Waals surface area (Å²) in [4.78, 5) is 0. The quantitative estimate of drug-likeness (QED) is 0.288. The zero-order chi connectivity index (χ0) is 22.4. The summed E-state index contributed by atoms with van der Waals surface area (Å²) < 4.78 is 38.6. The van der Waals surface area contributed by atoms with Crippen LogP contribution in [-0.4, -0.2) is 6.16 Å². The highest BCUT2D eigenvalue weighted by molar-refractivity contribution is 7.95. The normalized spacial score (nSPS) is 12.2. The van der Waals surface area contributed by atoms with E-state index in [-0.39, 0.29) is 0 Å². The fourth-order valence-electron chi connectivity index (χ4n) is 3.94. The van der Waals surface area contributed by atoms with Crippen molar-refractivity contribution in [3.8, 4) is 0 Å². The standard InChI is InChI=1S/C28H23F3P/c29-28(30,31)24-20-18-23(19-21-24)11-10-22-32(25-12-4-1-5-13-25,26-14-6-2-7-15-26)27-16-8-3-9-17-27/h1-21H,22H2/q+1. The van der Waals surface area contributed by atoms with Crippen LogP contribution in [0.5, 0.6) is 0 Å². The first-order chi connectivity index (χ1) is 15.5. The van der Waals surface area contributed by atoms with E-state index in [9.17, 15) is 13.2 Å². The van der Waals surface area contributed by atoms with Gasteiger partial charge in [-0.3, -0.25) is 0 Å². The predicted octanol–water partition coefficient (Wildman–Crippen LogP) is 6.71. The molecule has 0 saturated carbocycles. The number of benzene rings is 4. The molecule has 4 heteroatoms. The topological polar surface area (TPSA) is 0 Å². The SMILES string of the molecule is FC(F)(F)c1ccc(C=CC[P+](c2ccccc2)(c2ccccc2)c2ccccc2)cc1. The molecule has 4 aromatic rings. The summed E-state index contributed by atoms with van der Waals surface area (Å²) in [5.41, 5.74) is 0.125. The van der Waals surface area contributed by atoms with Gasteiger partial charge >= 0.3 is 6.18 Å². The molecule has 0 amide bonds. The van der Waals surface area contributed by atoms with E-state index < -0.39 is 19.0 Å². The van der Waals surface area contributed by atoms with E-state index in [4.69, 9.17) is 0 Å². The van der Waals surface area contributed by atoms with Gasteiger partial charge in [0.2, 0.25) is 0 Å². The molecule has 4 rings (SSSR count). The minimum atomic E-state index is -4.32. The largest absolute Gasteiger partial charge is 0.416 e. The Hall–Kier alpha value is -3.16. The lowest BCUT2D eigenvalue weighted by molar-refractivity contribution is -0.137. The van der Waals surface area contributed by atoms with Crippen LogP contribution in [0.15, 0.2) is 121 Å². The van der Waals surface area contributed by atoms with Crippen LogP contribution in [0.4, 0.5) is 13.2 Å². The highest BCUT2D eigenvalue weighted by Crippen LogP contribution is 2.55. The van der Waals surface area contributed by atoms with E-state index in [1.807, 2.05) is 24.3 Å².